The van der Waals surface area contributed by atoms with Gasteiger partial charge in [-0.2, -0.15) is 0 Å². The monoisotopic (exact) mass is 933 g/mol. The van der Waals surface area contributed by atoms with Gasteiger partial charge in [0.15, 0.2) is 0 Å². The van der Waals surface area contributed by atoms with Crippen LogP contribution in [0.4, 0.5) is 0 Å². The van der Waals surface area contributed by atoms with Gasteiger partial charge in [-0.3, -0.25) is 0 Å². The van der Waals surface area contributed by atoms with Crippen LogP contribution in [0.15, 0.2) is 78.9 Å². The number of methoxy groups -OCH3 is 1. The summed E-state index contributed by atoms with van der Waals surface area (Å²) in [6, 6.07) is 23.3. The van der Waals surface area contributed by atoms with Gasteiger partial charge < -0.3 is 64.4 Å². The van der Waals surface area contributed by atoms with E-state index in [1.807, 2.05) is 43.4 Å². The number of hydrogen-bond acceptors (Lipinski definition) is 13. The number of phenolic OH excluding ortho intramolecular Hbond substituents is 3. The quantitative estimate of drug-likeness (QED) is 0.0414. The number of aromatic hydroxyl groups is 3. The van der Waals surface area contributed by atoms with Crippen molar-refractivity contribution >= 4 is 10.8 Å². The Morgan fingerprint density at radius 3 is 2.37 bits per heavy atom. The Hall–Kier alpha value is -5.28. The summed E-state index contributed by atoms with van der Waals surface area (Å²) in [6.45, 7) is 1.01. The first-order chi connectivity index (χ1) is 33.1. The van der Waals surface area contributed by atoms with Crippen molar-refractivity contribution in [2.75, 3.05) is 40.6 Å². The number of unbranched alkanes of at least 4 members (excludes halogenated alkanes) is 1. The first kappa shape index (κ1) is 47.8. The van der Waals surface area contributed by atoms with Crippen molar-refractivity contribution in [1.82, 2.24) is 5.32 Å². The lowest BCUT2D eigenvalue weighted by Gasteiger charge is -2.48. The molecule has 2 saturated carbocycles. The van der Waals surface area contributed by atoms with E-state index < -0.39 is 36.3 Å². The Kier molecular flexibility index (Phi) is 15.2. The van der Waals surface area contributed by atoms with Crippen LogP contribution in [0.2, 0.25) is 0 Å². The number of benzene rings is 5. The van der Waals surface area contributed by atoms with E-state index in [9.17, 15) is 30.6 Å². The maximum absolute atomic E-state index is 13.1. The molecule has 13 nitrogen and oxygen atoms in total. The Morgan fingerprint density at radius 2 is 1.57 bits per heavy atom. The number of ether oxygens (including phenoxy) is 6. The molecule has 0 amide bonds. The molecule has 5 aromatic carbocycles. The van der Waals surface area contributed by atoms with Crippen LogP contribution in [0.3, 0.4) is 0 Å². The lowest BCUT2D eigenvalue weighted by Crippen LogP contribution is -2.51. The molecule has 0 bridgehead atoms. The molecule has 2 heterocycles. The molecule has 5 aromatic rings. The minimum absolute atomic E-state index is 0.0379. The SMILES string of the molecule is CNC1CCC(O)CC1OC1c2cc(OCCCCO)c3cc(O)ccc3c2OC(CCCOC)C1C1COc2c(Cc3cc(O)ccc3-c3cccc(O)c3)cc(OC3CCCC3)cc2C1O. The lowest BCUT2D eigenvalue weighted by atomic mass is 9.72. The Bertz CT molecular complexity index is 2510. The standard InChI is InChI=1S/C55H67NO12/c1-56-47-19-16-38(61)28-50(47)68-55-45-30-49(64-22-6-5-20-57)43-27-37(60)15-18-42(43)54(45)67-48(13-8-21-63-2)51(55)46-31-65-53-34(26-40(29-44(53)52(46)62)66-39-11-3-4-12-39)23-33-25-36(59)14-17-41(33)32-9-7-10-35(58)24-32/h7,9-10,14-15,17-18,24-27,29-30,38-39,46-48,50-52,55-62H,3-6,8,11-13,16,19-23,28,31H2,1-2H3. The van der Waals surface area contributed by atoms with Gasteiger partial charge in [0, 0.05) is 78.5 Å². The molecule has 0 aromatic heterocycles. The van der Waals surface area contributed by atoms with Crippen molar-refractivity contribution in [3.63, 3.8) is 0 Å². The number of nitrogens with one attached hydrogen (secondary N) is 1. The van der Waals surface area contributed by atoms with Crippen molar-refractivity contribution in [2.45, 2.75) is 120 Å². The number of hydrogen-bond donors (Lipinski definition) is 7. The van der Waals surface area contributed by atoms with Gasteiger partial charge >= 0.3 is 0 Å². The van der Waals surface area contributed by atoms with Crippen LogP contribution in [0.1, 0.15) is 105 Å². The smallest absolute Gasteiger partial charge is 0.133 e. The molecular weight excluding hydrogens is 867 g/mol. The molecule has 7 N–H and O–H groups in total. The molecule has 8 unspecified atom stereocenters. The Balaban J connectivity index is 1.17. The second-order valence-corrected chi connectivity index (χ2v) is 19.1. The molecule has 4 aliphatic rings. The molecule has 0 saturated heterocycles. The molecule has 9 rings (SSSR count). The number of rotatable bonds is 18. The van der Waals surface area contributed by atoms with Gasteiger partial charge in [0.1, 0.15) is 46.4 Å². The van der Waals surface area contributed by atoms with Crippen LogP contribution in [0.25, 0.3) is 21.9 Å². The van der Waals surface area contributed by atoms with Crippen molar-refractivity contribution in [3.8, 4) is 51.4 Å². The number of phenols is 3. The predicted octanol–water partition coefficient (Wildman–Crippen LogP) is 8.79. The molecule has 2 aliphatic carbocycles. The first-order valence-corrected chi connectivity index (χ1v) is 24.6. The summed E-state index contributed by atoms with van der Waals surface area (Å²) in [5.41, 5.74) is 4.57. The maximum atomic E-state index is 13.1. The highest BCUT2D eigenvalue weighted by atomic mass is 16.5. The highest BCUT2D eigenvalue weighted by Gasteiger charge is 2.50. The van der Waals surface area contributed by atoms with Gasteiger partial charge in [0.05, 0.1) is 43.7 Å². The maximum Gasteiger partial charge on any atom is 0.133 e. The summed E-state index contributed by atoms with van der Waals surface area (Å²) >= 11 is 0. The summed E-state index contributed by atoms with van der Waals surface area (Å²) in [4.78, 5) is 0. The molecule has 364 valence electrons. The summed E-state index contributed by atoms with van der Waals surface area (Å²) in [5, 5.41) is 70.6. The van der Waals surface area contributed by atoms with Crippen molar-refractivity contribution in [3.05, 3.63) is 101 Å². The average Bonchev–Trinajstić information content (AvgIpc) is 3.84. The van der Waals surface area contributed by atoms with Gasteiger partial charge in [-0.15, -0.1) is 0 Å². The van der Waals surface area contributed by atoms with Crippen LogP contribution in [0.5, 0.6) is 40.2 Å². The third-order valence-corrected chi connectivity index (χ3v) is 14.6. The van der Waals surface area contributed by atoms with E-state index >= 15 is 0 Å². The fraction of sp³-hybridized carbons (Fsp3) is 0.491. The second-order valence-electron chi connectivity index (χ2n) is 19.1. The summed E-state index contributed by atoms with van der Waals surface area (Å²) in [6.07, 6.45) is 5.49. The number of fused-ring (bicyclic) bond motifs is 4. The molecule has 0 spiro atoms. The first-order valence-electron chi connectivity index (χ1n) is 24.6. The van der Waals surface area contributed by atoms with E-state index in [0.29, 0.717) is 92.1 Å². The number of aliphatic hydroxyl groups is 3. The molecule has 8 atom stereocenters. The minimum Gasteiger partial charge on any atom is -0.508 e. The molecule has 13 heteroatoms. The van der Waals surface area contributed by atoms with E-state index in [-0.39, 0.29) is 48.7 Å². The highest BCUT2D eigenvalue weighted by molar-refractivity contribution is 5.96. The van der Waals surface area contributed by atoms with E-state index in [2.05, 4.69) is 5.32 Å². The average molecular weight is 934 g/mol. The predicted molar refractivity (Wildman–Crippen MR) is 258 cm³/mol. The zero-order valence-corrected chi connectivity index (χ0v) is 39.1. The van der Waals surface area contributed by atoms with Crippen molar-refractivity contribution in [1.29, 1.82) is 0 Å². The summed E-state index contributed by atoms with van der Waals surface area (Å²) in [7, 11) is 3.60. The second kappa shape index (κ2) is 21.6. The van der Waals surface area contributed by atoms with Gasteiger partial charge in [0.2, 0.25) is 0 Å². The third-order valence-electron chi connectivity index (χ3n) is 14.6. The Labute approximate surface area is 398 Å². The lowest BCUT2D eigenvalue weighted by molar-refractivity contribution is -0.151. The zero-order valence-electron chi connectivity index (χ0n) is 39.1. The largest absolute Gasteiger partial charge is 0.508 e. The number of likely N-dealkylation sites (N-methyl/N-ethyl adjacent to an activating group) is 1. The molecule has 68 heavy (non-hydrogen) atoms. The summed E-state index contributed by atoms with van der Waals surface area (Å²) in [5.74, 6) is 1.62. The van der Waals surface area contributed by atoms with E-state index in [1.165, 1.54) is 0 Å². The Morgan fingerprint density at radius 1 is 0.765 bits per heavy atom. The van der Waals surface area contributed by atoms with E-state index in [4.69, 9.17) is 28.4 Å². The van der Waals surface area contributed by atoms with Gasteiger partial charge in [-0.1, -0.05) is 18.2 Å². The molecular formula is C55H67NO12. The highest BCUT2D eigenvalue weighted by Crippen LogP contribution is 2.55. The van der Waals surface area contributed by atoms with Gasteiger partial charge in [-0.25, -0.2) is 0 Å². The van der Waals surface area contributed by atoms with Crippen LogP contribution in [-0.4, -0.2) is 102 Å². The van der Waals surface area contributed by atoms with E-state index in [1.54, 1.807) is 49.6 Å². The molecule has 2 aliphatic heterocycles. The van der Waals surface area contributed by atoms with Crippen molar-refractivity contribution < 1.29 is 59.1 Å². The fourth-order valence-corrected chi connectivity index (χ4v) is 11.2. The molecule has 0 radical (unpaired) electrons. The fourth-order valence-electron chi connectivity index (χ4n) is 11.2. The van der Waals surface area contributed by atoms with Crippen LogP contribution in [-0.2, 0) is 15.9 Å². The normalized spacial score (nSPS) is 24.8. The van der Waals surface area contributed by atoms with E-state index in [0.717, 1.165) is 65.3 Å². The van der Waals surface area contributed by atoms with Crippen LogP contribution < -0.4 is 24.3 Å². The molecule has 2 fully saturated rings. The van der Waals surface area contributed by atoms with Crippen molar-refractivity contribution in [2.24, 2.45) is 11.8 Å². The number of aliphatic hydroxyl groups excluding tert-OH is 3. The topological polar surface area (TPSA) is 189 Å². The zero-order chi connectivity index (χ0) is 47.3. The minimum atomic E-state index is -1.06. The third kappa shape index (κ3) is 10.3. The van der Waals surface area contributed by atoms with Crippen LogP contribution >= 0.6 is 0 Å². The van der Waals surface area contributed by atoms with Crippen LogP contribution in [0, 0.1) is 11.8 Å². The van der Waals surface area contributed by atoms with Gasteiger partial charge in [0.25, 0.3) is 0 Å². The summed E-state index contributed by atoms with van der Waals surface area (Å²) < 4.78 is 40.3. The van der Waals surface area contributed by atoms with Gasteiger partial charge in [-0.05, 0) is 149 Å².